The second-order valence-electron chi connectivity index (χ2n) is 7.69. The summed E-state index contributed by atoms with van der Waals surface area (Å²) in [4.78, 5) is 12.3. The summed E-state index contributed by atoms with van der Waals surface area (Å²) in [6, 6.07) is 0.323. The summed E-state index contributed by atoms with van der Waals surface area (Å²) in [6.07, 6.45) is 7.22. The Morgan fingerprint density at radius 1 is 1.35 bits per heavy atom. The van der Waals surface area contributed by atoms with Crippen LogP contribution in [0.3, 0.4) is 0 Å². The van der Waals surface area contributed by atoms with Crippen LogP contribution in [0.1, 0.15) is 66.2 Å². The molecule has 2 rings (SSSR count). The second-order valence-corrected chi connectivity index (χ2v) is 9.89. The van der Waals surface area contributed by atoms with Crippen LogP contribution in [0.25, 0.3) is 0 Å². The van der Waals surface area contributed by atoms with E-state index in [1.54, 1.807) is 0 Å². The molecule has 1 aliphatic carbocycles. The van der Waals surface area contributed by atoms with E-state index in [0.29, 0.717) is 23.6 Å². The van der Waals surface area contributed by atoms with E-state index in [2.05, 4.69) is 48.5 Å². The average Bonchev–Trinajstić information content (AvgIpc) is 3.08. The van der Waals surface area contributed by atoms with Crippen molar-refractivity contribution in [2.75, 3.05) is 17.6 Å². The quantitative estimate of drug-likeness (QED) is 0.437. The lowest BCUT2D eigenvalue weighted by Gasteiger charge is -2.34. The summed E-state index contributed by atoms with van der Waals surface area (Å²) >= 11 is 3.02. The first kappa shape index (κ1) is 21.5. The van der Waals surface area contributed by atoms with Crippen molar-refractivity contribution in [2.24, 2.45) is 17.8 Å². The average molecular weight is 399 g/mol. The summed E-state index contributed by atoms with van der Waals surface area (Å²) in [6.45, 7) is 10.0. The number of hydrogen-bond acceptors (Lipinski definition) is 6. The molecule has 0 spiro atoms. The van der Waals surface area contributed by atoms with Gasteiger partial charge < -0.3 is 10.6 Å². The van der Waals surface area contributed by atoms with Gasteiger partial charge in [0.05, 0.1) is 5.75 Å². The summed E-state index contributed by atoms with van der Waals surface area (Å²) in [5, 5.41) is 15.8. The Labute approximate surface area is 166 Å². The van der Waals surface area contributed by atoms with Crippen molar-refractivity contribution in [3.05, 3.63) is 0 Å². The Hall–Kier alpha value is -0.820. The molecule has 5 nitrogen and oxygen atoms in total. The molecule has 1 fully saturated rings. The van der Waals surface area contributed by atoms with Crippen molar-refractivity contribution in [1.29, 1.82) is 0 Å². The van der Waals surface area contributed by atoms with Gasteiger partial charge in [0.1, 0.15) is 0 Å². The first-order valence-corrected chi connectivity index (χ1v) is 11.8. The summed E-state index contributed by atoms with van der Waals surface area (Å²) < 4.78 is 0.856. The van der Waals surface area contributed by atoms with Crippen molar-refractivity contribution in [3.8, 4) is 0 Å². The molecule has 2 N–H and O–H groups in total. The van der Waals surface area contributed by atoms with Crippen LogP contribution in [0.4, 0.5) is 5.13 Å². The van der Waals surface area contributed by atoms with Crippen LogP contribution >= 0.6 is 23.1 Å². The van der Waals surface area contributed by atoms with E-state index in [1.165, 1.54) is 48.8 Å². The number of nitrogens with zero attached hydrogens (tertiary/aromatic N) is 2. The van der Waals surface area contributed by atoms with E-state index in [1.807, 2.05) is 0 Å². The number of amides is 1. The van der Waals surface area contributed by atoms with Gasteiger partial charge in [-0.25, -0.2) is 0 Å². The van der Waals surface area contributed by atoms with E-state index in [-0.39, 0.29) is 5.91 Å². The van der Waals surface area contributed by atoms with Crippen LogP contribution in [0.15, 0.2) is 4.34 Å². The smallest absolute Gasteiger partial charge is 0.230 e. The lowest BCUT2D eigenvalue weighted by Crippen LogP contribution is -2.44. The molecule has 26 heavy (non-hydrogen) atoms. The van der Waals surface area contributed by atoms with Gasteiger partial charge in [-0.1, -0.05) is 70.1 Å². The van der Waals surface area contributed by atoms with Crippen LogP contribution in [0, 0.1) is 17.8 Å². The highest BCUT2D eigenvalue weighted by Crippen LogP contribution is 2.30. The number of aromatic nitrogens is 2. The fourth-order valence-corrected chi connectivity index (χ4v) is 4.94. The molecule has 0 saturated heterocycles. The number of rotatable bonds is 10. The monoisotopic (exact) mass is 398 g/mol. The van der Waals surface area contributed by atoms with Crippen molar-refractivity contribution < 1.29 is 4.79 Å². The molecular weight excluding hydrogens is 364 g/mol. The maximum absolute atomic E-state index is 12.3. The maximum Gasteiger partial charge on any atom is 0.230 e. The number of anilines is 1. The Kier molecular flexibility index (Phi) is 9.19. The number of carbonyl (C=O) groups excluding carboxylic acids is 1. The largest absolute Gasteiger partial charge is 0.360 e. The van der Waals surface area contributed by atoms with E-state index in [4.69, 9.17) is 0 Å². The molecule has 0 unspecified atom stereocenters. The second kappa shape index (κ2) is 11.1. The molecule has 1 saturated carbocycles. The highest BCUT2D eigenvalue weighted by atomic mass is 32.2. The summed E-state index contributed by atoms with van der Waals surface area (Å²) in [5.41, 5.74) is 0. The number of nitrogens with one attached hydrogen (secondary N) is 2. The molecule has 1 aliphatic rings. The summed E-state index contributed by atoms with van der Waals surface area (Å²) in [5.74, 6) is 2.56. The topological polar surface area (TPSA) is 66.9 Å². The maximum atomic E-state index is 12.3. The fraction of sp³-hybridized carbons (Fsp3) is 0.842. The van der Waals surface area contributed by atoms with Gasteiger partial charge in [0.15, 0.2) is 4.34 Å². The van der Waals surface area contributed by atoms with Crippen molar-refractivity contribution >= 4 is 34.1 Å². The third kappa shape index (κ3) is 7.06. The highest BCUT2D eigenvalue weighted by Gasteiger charge is 2.28. The lowest BCUT2D eigenvalue weighted by atomic mass is 9.78. The van der Waals surface area contributed by atoms with Crippen LogP contribution < -0.4 is 10.6 Å². The molecule has 4 atom stereocenters. The molecule has 0 aliphatic heterocycles. The highest BCUT2D eigenvalue weighted by molar-refractivity contribution is 8.01. The predicted molar refractivity (Wildman–Crippen MR) is 112 cm³/mol. The molecule has 1 aromatic heterocycles. The lowest BCUT2D eigenvalue weighted by molar-refractivity contribution is -0.119. The Balaban J connectivity index is 1.66. The summed E-state index contributed by atoms with van der Waals surface area (Å²) in [7, 11) is 0. The minimum Gasteiger partial charge on any atom is -0.360 e. The Bertz CT molecular complexity index is 551. The van der Waals surface area contributed by atoms with Crippen molar-refractivity contribution in [3.63, 3.8) is 0 Å². The van der Waals surface area contributed by atoms with Gasteiger partial charge in [0.25, 0.3) is 0 Å². The number of carbonyl (C=O) groups is 1. The molecular formula is C19H34N4OS2. The predicted octanol–water partition coefficient (Wildman–Crippen LogP) is 4.81. The van der Waals surface area contributed by atoms with Gasteiger partial charge in [-0.3, -0.25) is 4.79 Å². The molecule has 1 aromatic rings. The molecule has 0 bridgehead atoms. The first-order valence-electron chi connectivity index (χ1n) is 9.99. The van der Waals surface area contributed by atoms with Gasteiger partial charge in [0.2, 0.25) is 11.0 Å². The van der Waals surface area contributed by atoms with Crippen molar-refractivity contribution in [2.45, 2.75) is 76.6 Å². The zero-order valence-corrected chi connectivity index (χ0v) is 18.2. The van der Waals surface area contributed by atoms with Crippen LogP contribution in [0.5, 0.6) is 0 Å². The zero-order chi connectivity index (χ0) is 18.9. The molecule has 0 radical (unpaired) electrons. The van der Waals surface area contributed by atoms with Crippen LogP contribution in [-0.4, -0.2) is 34.4 Å². The van der Waals surface area contributed by atoms with E-state index in [9.17, 15) is 4.79 Å². The minimum atomic E-state index is 0.110. The fourth-order valence-electron chi connectivity index (χ4n) is 3.35. The standard InChI is InChI=1S/C19H34N4OS2/c1-5-13(2)8-7-11-20-18-22-23-19(26-18)25-12-17(24)21-16-10-6-9-14(3)15(16)4/h13-16H,5-12H2,1-4H3,(H,20,22)(H,21,24)/t13-,14-,15-,16+/m0/s1. The Morgan fingerprint density at radius 2 is 2.15 bits per heavy atom. The van der Waals surface area contributed by atoms with Gasteiger partial charge in [-0.15, -0.1) is 10.2 Å². The van der Waals surface area contributed by atoms with Crippen LogP contribution in [0.2, 0.25) is 0 Å². The molecule has 1 heterocycles. The zero-order valence-electron chi connectivity index (χ0n) is 16.6. The first-order chi connectivity index (χ1) is 12.5. The van der Waals surface area contributed by atoms with E-state index < -0.39 is 0 Å². The normalized spacial score (nSPS) is 24.2. The third-order valence-corrected chi connectivity index (χ3v) is 7.65. The molecule has 0 aromatic carbocycles. The molecule has 148 valence electrons. The Morgan fingerprint density at radius 3 is 2.92 bits per heavy atom. The minimum absolute atomic E-state index is 0.110. The number of thioether (sulfide) groups is 1. The van der Waals surface area contributed by atoms with Gasteiger partial charge in [0, 0.05) is 12.6 Å². The van der Waals surface area contributed by atoms with Crippen LogP contribution in [-0.2, 0) is 4.79 Å². The van der Waals surface area contributed by atoms with E-state index in [0.717, 1.165) is 34.8 Å². The molecule has 1 amide bonds. The van der Waals surface area contributed by atoms with Crippen molar-refractivity contribution in [1.82, 2.24) is 15.5 Å². The SMILES string of the molecule is CC[C@H](C)CCCNc1nnc(SCC(=O)N[C@@H]2CCC[C@H](C)[C@@H]2C)s1. The molecule has 7 heteroatoms. The van der Waals surface area contributed by atoms with Gasteiger partial charge in [-0.2, -0.15) is 0 Å². The third-order valence-electron chi connectivity index (χ3n) is 5.63. The number of hydrogen-bond donors (Lipinski definition) is 2. The van der Waals surface area contributed by atoms with E-state index >= 15 is 0 Å². The van der Waals surface area contributed by atoms with Gasteiger partial charge in [-0.05, 0) is 37.0 Å². The van der Waals surface area contributed by atoms with Gasteiger partial charge >= 0.3 is 0 Å².